The Labute approximate surface area is 147 Å². The molecule has 0 saturated carbocycles. The largest absolute Gasteiger partial charge is 0.347 e. The summed E-state index contributed by atoms with van der Waals surface area (Å²) in [7, 11) is 2.08. The molecule has 0 aliphatic carbocycles. The molecule has 0 aromatic heterocycles. The predicted molar refractivity (Wildman–Crippen MR) is 97.0 cm³/mol. The number of carbonyl (C=O) groups is 1. The molecular formula is C19H22ClN3O. The first-order valence-electron chi connectivity index (χ1n) is 8.14. The Bertz CT molecular complexity index is 700. The number of nitrogens with two attached hydrogens (primary N) is 1. The van der Waals surface area contributed by atoms with Crippen LogP contribution in [0.2, 0.25) is 5.02 Å². The maximum absolute atomic E-state index is 12.6. The van der Waals surface area contributed by atoms with Gasteiger partial charge >= 0.3 is 0 Å². The summed E-state index contributed by atoms with van der Waals surface area (Å²) in [6.07, 6.45) is 0.927. The zero-order chi connectivity index (χ0) is 17.1. The number of amides is 1. The van der Waals surface area contributed by atoms with Gasteiger partial charge in [0.05, 0.1) is 12.1 Å². The van der Waals surface area contributed by atoms with Gasteiger partial charge in [-0.1, -0.05) is 35.9 Å². The highest BCUT2D eigenvalue weighted by Crippen LogP contribution is 2.31. The molecule has 0 bridgehead atoms. The Morgan fingerprint density at radius 2 is 1.88 bits per heavy atom. The van der Waals surface area contributed by atoms with E-state index in [9.17, 15) is 4.79 Å². The fraction of sp³-hybridized carbons (Fsp3) is 0.316. The molecule has 1 fully saturated rings. The summed E-state index contributed by atoms with van der Waals surface area (Å²) >= 11 is 5.99. The Balaban J connectivity index is 1.74. The molecule has 1 heterocycles. The Morgan fingerprint density at radius 3 is 2.50 bits per heavy atom. The second kappa shape index (κ2) is 7.34. The summed E-state index contributed by atoms with van der Waals surface area (Å²) in [6, 6.07) is 15.5. The van der Waals surface area contributed by atoms with Gasteiger partial charge in [-0.15, -0.1) is 0 Å². The number of benzene rings is 2. The molecule has 2 unspecified atom stereocenters. The number of rotatable bonds is 4. The summed E-state index contributed by atoms with van der Waals surface area (Å²) in [6.45, 7) is 1.43. The number of carbonyl (C=O) groups excluding carboxylic acids is 1. The molecule has 1 saturated heterocycles. The molecule has 2 aromatic carbocycles. The maximum atomic E-state index is 12.6. The zero-order valence-electron chi connectivity index (χ0n) is 13.7. The molecule has 0 spiro atoms. The molecule has 3 rings (SSSR count). The number of nitrogens with zero attached hydrogens (tertiary/aromatic N) is 1. The number of likely N-dealkylation sites (N-methyl/N-ethyl adjacent to an activating group) is 1. The molecule has 3 N–H and O–H groups in total. The van der Waals surface area contributed by atoms with Crippen molar-refractivity contribution in [3.05, 3.63) is 70.2 Å². The molecule has 1 amide bonds. The topological polar surface area (TPSA) is 58.4 Å². The normalized spacial score (nSPS) is 21.0. The first kappa shape index (κ1) is 17.0. The van der Waals surface area contributed by atoms with Gasteiger partial charge in [-0.25, -0.2) is 0 Å². The van der Waals surface area contributed by atoms with E-state index in [-0.39, 0.29) is 18.0 Å². The minimum Gasteiger partial charge on any atom is -0.347 e. The van der Waals surface area contributed by atoms with E-state index >= 15 is 0 Å². The standard InChI is InChI=1S/C19H22ClN3O/c1-23-11-10-17(18(23)14-6-8-16(20)9-7-14)22-19(24)15-4-2-13(12-21)3-5-15/h2-9,17-18H,10-12,21H2,1H3,(H,22,24). The first-order valence-corrected chi connectivity index (χ1v) is 8.52. The van der Waals surface area contributed by atoms with Crippen LogP contribution in [0, 0.1) is 0 Å². The van der Waals surface area contributed by atoms with E-state index in [0.717, 1.165) is 23.6 Å². The second-order valence-electron chi connectivity index (χ2n) is 6.25. The van der Waals surface area contributed by atoms with Crippen LogP contribution in [0.15, 0.2) is 48.5 Å². The van der Waals surface area contributed by atoms with E-state index in [4.69, 9.17) is 17.3 Å². The third kappa shape index (κ3) is 3.61. The van der Waals surface area contributed by atoms with Crippen molar-refractivity contribution in [3.8, 4) is 0 Å². The van der Waals surface area contributed by atoms with Crippen LogP contribution >= 0.6 is 11.6 Å². The molecule has 2 aromatic rings. The Hall–Kier alpha value is -1.88. The van der Waals surface area contributed by atoms with Crippen LogP contribution in [0.4, 0.5) is 0 Å². The van der Waals surface area contributed by atoms with Crippen molar-refractivity contribution in [1.82, 2.24) is 10.2 Å². The van der Waals surface area contributed by atoms with Gasteiger partial charge in [-0.2, -0.15) is 0 Å². The molecular weight excluding hydrogens is 322 g/mol. The van der Waals surface area contributed by atoms with Crippen molar-refractivity contribution >= 4 is 17.5 Å². The lowest BCUT2D eigenvalue weighted by Crippen LogP contribution is -2.38. The van der Waals surface area contributed by atoms with Crippen LogP contribution in [-0.4, -0.2) is 30.4 Å². The molecule has 1 aliphatic rings. The van der Waals surface area contributed by atoms with Crippen molar-refractivity contribution in [3.63, 3.8) is 0 Å². The van der Waals surface area contributed by atoms with Gasteiger partial charge in [0, 0.05) is 23.7 Å². The summed E-state index contributed by atoms with van der Waals surface area (Å²) in [4.78, 5) is 14.8. The van der Waals surface area contributed by atoms with Crippen LogP contribution in [0.25, 0.3) is 0 Å². The van der Waals surface area contributed by atoms with E-state index in [2.05, 4.69) is 17.3 Å². The van der Waals surface area contributed by atoms with Crippen LogP contribution in [0.3, 0.4) is 0 Å². The number of hydrogen-bond acceptors (Lipinski definition) is 3. The first-order chi connectivity index (χ1) is 11.6. The molecule has 2 atom stereocenters. The van der Waals surface area contributed by atoms with Crippen LogP contribution in [0.1, 0.15) is 33.9 Å². The van der Waals surface area contributed by atoms with Gasteiger partial charge in [-0.05, 0) is 48.9 Å². The molecule has 1 aliphatic heterocycles. The summed E-state index contributed by atoms with van der Waals surface area (Å²) in [5.74, 6) is -0.0437. The average molecular weight is 344 g/mol. The average Bonchev–Trinajstić information content (AvgIpc) is 2.96. The van der Waals surface area contributed by atoms with Gasteiger partial charge in [-0.3, -0.25) is 9.69 Å². The predicted octanol–water partition coefficient (Wildman–Crippen LogP) is 2.97. The molecule has 0 radical (unpaired) electrons. The van der Waals surface area contributed by atoms with Gasteiger partial charge in [0.1, 0.15) is 0 Å². The summed E-state index contributed by atoms with van der Waals surface area (Å²) in [5.41, 5.74) is 8.45. The fourth-order valence-electron chi connectivity index (χ4n) is 3.29. The van der Waals surface area contributed by atoms with E-state index in [1.807, 2.05) is 48.5 Å². The number of hydrogen-bond donors (Lipinski definition) is 2. The van der Waals surface area contributed by atoms with E-state index in [1.165, 1.54) is 5.56 Å². The molecule has 126 valence electrons. The summed E-state index contributed by atoms with van der Waals surface area (Å²) < 4.78 is 0. The quantitative estimate of drug-likeness (QED) is 0.897. The lowest BCUT2D eigenvalue weighted by Gasteiger charge is -2.26. The zero-order valence-corrected chi connectivity index (χ0v) is 14.5. The fourth-order valence-corrected chi connectivity index (χ4v) is 3.41. The van der Waals surface area contributed by atoms with Crippen LogP contribution < -0.4 is 11.1 Å². The lowest BCUT2D eigenvalue weighted by atomic mass is 9.99. The van der Waals surface area contributed by atoms with Gasteiger partial charge in [0.2, 0.25) is 0 Å². The smallest absolute Gasteiger partial charge is 0.251 e. The van der Waals surface area contributed by atoms with Crippen molar-refractivity contribution in [1.29, 1.82) is 0 Å². The van der Waals surface area contributed by atoms with Crippen molar-refractivity contribution in [2.24, 2.45) is 5.73 Å². The number of halogens is 1. The van der Waals surface area contributed by atoms with Crippen molar-refractivity contribution in [2.75, 3.05) is 13.6 Å². The highest BCUT2D eigenvalue weighted by Gasteiger charge is 2.34. The van der Waals surface area contributed by atoms with Gasteiger partial charge in [0.25, 0.3) is 5.91 Å². The minimum atomic E-state index is -0.0437. The van der Waals surface area contributed by atoms with E-state index in [0.29, 0.717) is 12.1 Å². The third-order valence-corrected chi connectivity index (χ3v) is 4.88. The Morgan fingerprint density at radius 1 is 1.21 bits per heavy atom. The number of nitrogens with one attached hydrogen (secondary N) is 1. The van der Waals surface area contributed by atoms with Crippen LogP contribution in [0.5, 0.6) is 0 Å². The van der Waals surface area contributed by atoms with Gasteiger partial charge in [0.15, 0.2) is 0 Å². The van der Waals surface area contributed by atoms with E-state index in [1.54, 1.807) is 0 Å². The second-order valence-corrected chi connectivity index (χ2v) is 6.68. The van der Waals surface area contributed by atoms with Gasteiger partial charge < -0.3 is 11.1 Å². The molecule has 5 heteroatoms. The lowest BCUT2D eigenvalue weighted by molar-refractivity contribution is 0.0927. The monoisotopic (exact) mass is 343 g/mol. The molecule has 4 nitrogen and oxygen atoms in total. The van der Waals surface area contributed by atoms with Crippen molar-refractivity contribution < 1.29 is 4.79 Å². The molecule has 24 heavy (non-hydrogen) atoms. The minimum absolute atomic E-state index is 0.0437. The summed E-state index contributed by atoms with van der Waals surface area (Å²) in [5, 5.41) is 3.90. The third-order valence-electron chi connectivity index (χ3n) is 4.63. The SMILES string of the molecule is CN1CCC(NC(=O)c2ccc(CN)cc2)C1c1ccc(Cl)cc1. The number of likely N-dealkylation sites (tertiary alicyclic amines) is 1. The highest BCUT2D eigenvalue weighted by atomic mass is 35.5. The van der Waals surface area contributed by atoms with E-state index < -0.39 is 0 Å². The maximum Gasteiger partial charge on any atom is 0.251 e. The Kier molecular flexibility index (Phi) is 5.19. The van der Waals surface area contributed by atoms with Crippen molar-refractivity contribution in [2.45, 2.75) is 25.0 Å². The van der Waals surface area contributed by atoms with Crippen LogP contribution in [-0.2, 0) is 6.54 Å². The highest BCUT2D eigenvalue weighted by molar-refractivity contribution is 6.30.